The molecule has 0 heterocycles. The van der Waals surface area contributed by atoms with Crippen molar-refractivity contribution in [1.29, 1.82) is 0 Å². The van der Waals surface area contributed by atoms with Crippen molar-refractivity contribution in [3.63, 3.8) is 0 Å². The van der Waals surface area contributed by atoms with Gasteiger partial charge in [0, 0.05) is 53.6 Å². The van der Waals surface area contributed by atoms with Gasteiger partial charge in [0.25, 0.3) is 0 Å². The van der Waals surface area contributed by atoms with Crippen LogP contribution in [0.2, 0.25) is 0 Å². The van der Waals surface area contributed by atoms with Crippen LogP contribution in [0.1, 0.15) is 157 Å². The van der Waals surface area contributed by atoms with E-state index in [1.54, 1.807) is 6.92 Å². The van der Waals surface area contributed by atoms with E-state index < -0.39 is 5.97 Å². The highest BCUT2D eigenvalue weighted by Crippen LogP contribution is 2.72. The molecule has 12 atom stereocenters. The van der Waals surface area contributed by atoms with Crippen LogP contribution in [0.15, 0.2) is 24.8 Å². The van der Waals surface area contributed by atoms with Gasteiger partial charge >= 0.3 is 23.9 Å². The predicted octanol–water partition coefficient (Wildman–Crippen LogP) is 10.6. The van der Waals surface area contributed by atoms with Crippen LogP contribution >= 0.6 is 0 Å². The third-order valence-corrected chi connectivity index (χ3v) is 19.6. The number of unbranched alkanes of at least 4 members (excludes halogenated alkanes) is 1. The van der Waals surface area contributed by atoms with E-state index in [1.807, 2.05) is 0 Å². The Kier molecular flexibility index (Phi) is 11.3. The van der Waals surface area contributed by atoms with E-state index in [2.05, 4.69) is 40.9 Å². The number of hydrogen-bond donors (Lipinski definition) is 0. The van der Waals surface area contributed by atoms with Crippen molar-refractivity contribution in [3.05, 3.63) is 24.8 Å². The summed E-state index contributed by atoms with van der Waals surface area (Å²) in [5.41, 5.74) is 0.826. The lowest BCUT2D eigenvalue weighted by Crippen LogP contribution is -2.66. The largest absolute Gasteiger partial charge is 0.462 e. The molecule has 0 amide bonds. The monoisotopic (exact) mass is 829 g/mol. The number of esters is 4. The van der Waals surface area contributed by atoms with Gasteiger partial charge in [-0.05, 0) is 181 Å². The molecule has 0 aromatic rings. The molecule has 8 heteroatoms. The van der Waals surface area contributed by atoms with Crippen LogP contribution in [0.5, 0.6) is 0 Å². The third kappa shape index (κ3) is 7.43. The van der Waals surface area contributed by atoms with E-state index in [0.29, 0.717) is 83.7 Å². The first-order valence-corrected chi connectivity index (χ1v) is 24.6. The highest BCUT2D eigenvalue weighted by molar-refractivity contribution is 5.87. The van der Waals surface area contributed by atoms with Gasteiger partial charge in [0.1, 0.15) is 11.2 Å². The fraction of sp³-hybridized carbons (Fsp3) is 0.846. The summed E-state index contributed by atoms with van der Waals surface area (Å²) in [7, 11) is 0. The van der Waals surface area contributed by atoms with Crippen molar-refractivity contribution in [3.8, 4) is 0 Å². The maximum absolute atomic E-state index is 13.2. The maximum Gasteiger partial charge on any atom is 0.344 e. The number of fused-ring (bicyclic) bond motifs is 4. The molecule has 12 unspecified atom stereocenters. The van der Waals surface area contributed by atoms with Crippen molar-refractivity contribution < 1.29 is 38.1 Å². The number of carbonyl (C=O) groups is 4. The summed E-state index contributed by atoms with van der Waals surface area (Å²) in [6.07, 6.45) is 23.4. The minimum atomic E-state index is -0.558. The topological polar surface area (TPSA) is 105 Å². The third-order valence-electron chi connectivity index (χ3n) is 19.6. The molecule has 60 heavy (non-hydrogen) atoms. The Bertz CT molecular complexity index is 1690. The Hall–Kier alpha value is -2.64. The van der Waals surface area contributed by atoms with Crippen LogP contribution in [0.3, 0.4) is 0 Å². The molecule has 12 aliphatic rings. The fourth-order valence-corrected chi connectivity index (χ4v) is 18.0. The van der Waals surface area contributed by atoms with Crippen LogP contribution in [-0.4, -0.2) is 48.3 Å². The highest BCUT2D eigenvalue weighted by atomic mass is 16.6. The fourth-order valence-electron chi connectivity index (χ4n) is 18.0. The summed E-state index contributed by atoms with van der Waals surface area (Å²) in [5, 5.41) is 0. The van der Waals surface area contributed by atoms with E-state index in [4.69, 9.17) is 18.9 Å². The summed E-state index contributed by atoms with van der Waals surface area (Å²) in [6, 6.07) is 0. The van der Waals surface area contributed by atoms with Crippen molar-refractivity contribution in [2.24, 2.45) is 93.7 Å². The molecule has 12 rings (SSSR count). The first kappa shape index (κ1) is 42.7. The molecule has 0 aromatic carbocycles. The van der Waals surface area contributed by atoms with Crippen LogP contribution in [0.25, 0.3) is 0 Å². The molecule has 332 valence electrons. The molecule has 0 spiro atoms. The Morgan fingerprint density at radius 3 is 1.45 bits per heavy atom. The normalized spacial score (nSPS) is 48.0. The van der Waals surface area contributed by atoms with Gasteiger partial charge in [-0.25, -0.2) is 14.4 Å². The summed E-state index contributed by atoms with van der Waals surface area (Å²) in [6.45, 7) is 18.5. The SMILES string of the molecule is C=C(C)C(=O)OCCCCC(=O)OC1(C2CC3CC2CC3C)C2CC3CC1CC(C)(C3)C2.C=CC(=O)OCC(=O)OC1(C2CC3CC2CC3C)C2CC3CC1CC(C)(C3)C2. The first-order chi connectivity index (χ1) is 28.5. The van der Waals surface area contributed by atoms with Crippen molar-refractivity contribution in [1.82, 2.24) is 0 Å². The minimum Gasteiger partial charge on any atom is -0.462 e. The standard InChI is InChI=1S/C28H42O4.C24H34O4/c1-17(2)26(30)31-8-6-5-7-25(29)32-28(24-13-20-12-21(24)9-18(20)3)22-10-19-11-23(28)16-27(4,14-19)15-22;1-4-21(25)27-13-22(26)28-24(20-9-16-8-17(20)5-14(16)2)18-6-15-7-19(24)12-23(3,10-15)11-18/h18-24H,1,5-16H2,2-4H3;4,14-20H,1,5-13H2,2-3H3. The Balaban J connectivity index is 0.000000155. The van der Waals surface area contributed by atoms with E-state index in [-0.39, 0.29) is 35.7 Å². The average molecular weight is 829 g/mol. The predicted molar refractivity (Wildman–Crippen MR) is 229 cm³/mol. The zero-order chi connectivity index (χ0) is 42.4. The van der Waals surface area contributed by atoms with Gasteiger partial charge in [0.2, 0.25) is 0 Å². The summed E-state index contributed by atoms with van der Waals surface area (Å²) < 4.78 is 23.4. The van der Waals surface area contributed by atoms with Gasteiger partial charge in [0.05, 0.1) is 6.61 Å². The summed E-state index contributed by atoms with van der Waals surface area (Å²) >= 11 is 0. The molecule has 12 saturated carbocycles. The molecule has 0 aromatic heterocycles. The van der Waals surface area contributed by atoms with E-state index in [1.165, 1.54) is 103 Å². The quantitative estimate of drug-likeness (QED) is 0.0782. The van der Waals surface area contributed by atoms with Crippen molar-refractivity contribution >= 4 is 23.9 Å². The maximum atomic E-state index is 13.2. The van der Waals surface area contributed by atoms with Crippen molar-refractivity contribution in [2.75, 3.05) is 13.2 Å². The van der Waals surface area contributed by atoms with Crippen LogP contribution in [0.4, 0.5) is 0 Å². The zero-order valence-corrected chi connectivity index (χ0v) is 37.7. The smallest absolute Gasteiger partial charge is 0.344 e. The lowest BCUT2D eigenvalue weighted by atomic mass is 9.42. The molecule has 12 bridgehead atoms. The molecule has 0 radical (unpaired) electrons. The summed E-state index contributed by atoms with van der Waals surface area (Å²) in [5.74, 6) is 8.37. The van der Waals surface area contributed by atoms with Crippen molar-refractivity contribution in [2.45, 2.75) is 168 Å². The van der Waals surface area contributed by atoms with E-state index in [9.17, 15) is 19.2 Å². The molecular weight excluding hydrogens is 753 g/mol. The summed E-state index contributed by atoms with van der Waals surface area (Å²) in [4.78, 5) is 49.0. The number of rotatable bonds is 13. The van der Waals surface area contributed by atoms with Gasteiger partial charge in [-0.15, -0.1) is 0 Å². The first-order valence-electron chi connectivity index (χ1n) is 24.6. The van der Waals surface area contributed by atoms with Crippen LogP contribution in [-0.2, 0) is 38.1 Å². The van der Waals surface area contributed by atoms with Gasteiger partial charge in [0.15, 0.2) is 6.61 Å². The molecule has 12 aliphatic carbocycles. The van der Waals surface area contributed by atoms with Gasteiger partial charge in [-0.3, -0.25) is 4.79 Å². The highest BCUT2D eigenvalue weighted by Gasteiger charge is 2.70. The average Bonchev–Trinajstić information content (AvgIpc) is 3.97. The second kappa shape index (κ2) is 15.9. The lowest BCUT2D eigenvalue weighted by Gasteiger charge is -2.66. The lowest BCUT2D eigenvalue weighted by molar-refractivity contribution is -0.250. The second-order valence-electron chi connectivity index (χ2n) is 23.8. The van der Waals surface area contributed by atoms with Gasteiger partial charge in [-0.1, -0.05) is 40.9 Å². The Morgan fingerprint density at radius 2 is 1.07 bits per heavy atom. The van der Waals surface area contributed by atoms with E-state index in [0.717, 1.165) is 47.5 Å². The number of carbonyl (C=O) groups excluding carboxylic acids is 4. The van der Waals surface area contributed by atoms with Crippen LogP contribution in [0, 0.1) is 93.7 Å². The van der Waals surface area contributed by atoms with Crippen LogP contribution < -0.4 is 0 Å². The second-order valence-corrected chi connectivity index (χ2v) is 23.8. The van der Waals surface area contributed by atoms with Gasteiger partial charge in [-0.2, -0.15) is 0 Å². The molecule has 0 aliphatic heterocycles. The molecule has 0 saturated heterocycles. The molecular formula is C52H76O8. The minimum absolute atomic E-state index is 0.00956. The number of ether oxygens (including phenoxy) is 4. The van der Waals surface area contributed by atoms with E-state index >= 15 is 0 Å². The molecule has 0 N–H and O–H groups in total. The Labute approximate surface area is 360 Å². The molecule has 8 nitrogen and oxygen atoms in total. The number of hydrogen-bond acceptors (Lipinski definition) is 8. The zero-order valence-electron chi connectivity index (χ0n) is 37.7. The van der Waals surface area contributed by atoms with Gasteiger partial charge < -0.3 is 18.9 Å². The molecule has 12 fully saturated rings. The Morgan fingerprint density at radius 1 is 0.600 bits per heavy atom.